The highest BCUT2D eigenvalue weighted by molar-refractivity contribution is 6.01. The Morgan fingerprint density at radius 3 is 2.75 bits per heavy atom. The van der Waals surface area contributed by atoms with Gasteiger partial charge in [-0.05, 0) is 43.2 Å². The Kier molecular flexibility index (Phi) is 4.64. The van der Waals surface area contributed by atoms with Crippen LogP contribution in [0.1, 0.15) is 29.8 Å². The minimum Gasteiger partial charge on any atom is -0.273 e. The molecular formula is C18H17F2N3O. The molecule has 1 saturated heterocycles. The third-order valence-corrected chi connectivity index (χ3v) is 3.83. The molecule has 6 heteroatoms. The van der Waals surface area contributed by atoms with Gasteiger partial charge in [-0.25, -0.2) is 13.8 Å². The zero-order chi connectivity index (χ0) is 17.1. The second-order valence-electron chi connectivity index (χ2n) is 5.76. The van der Waals surface area contributed by atoms with Crippen LogP contribution in [-0.4, -0.2) is 28.2 Å². The number of pyridine rings is 1. The lowest BCUT2D eigenvalue weighted by atomic mass is 10.1. The van der Waals surface area contributed by atoms with Crippen molar-refractivity contribution in [2.75, 3.05) is 6.54 Å². The summed E-state index contributed by atoms with van der Waals surface area (Å²) in [5, 5.41) is 5.87. The first-order valence-corrected chi connectivity index (χ1v) is 7.79. The van der Waals surface area contributed by atoms with Crippen LogP contribution in [0.5, 0.6) is 0 Å². The molecule has 0 saturated carbocycles. The zero-order valence-corrected chi connectivity index (χ0v) is 13.3. The number of hydrazone groups is 1. The average Bonchev–Trinajstić information content (AvgIpc) is 2.95. The number of nitrogens with zero attached hydrogens (tertiary/aromatic N) is 3. The van der Waals surface area contributed by atoms with E-state index in [1.54, 1.807) is 6.07 Å². The number of carbonyl (C=O) groups excluding carboxylic acids is 1. The molecular weight excluding hydrogens is 312 g/mol. The van der Waals surface area contributed by atoms with E-state index >= 15 is 0 Å². The molecule has 124 valence electrons. The smallest absolute Gasteiger partial charge is 0.242 e. The molecule has 0 atom stereocenters. The number of benzene rings is 1. The normalized spacial score (nSPS) is 15.2. The zero-order valence-electron chi connectivity index (χ0n) is 13.3. The molecule has 0 unspecified atom stereocenters. The van der Waals surface area contributed by atoms with Gasteiger partial charge in [0.05, 0.1) is 11.4 Å². The molecule has 1 aliphatic heterocycles. The van der Waals surface area contributed by atoms with E-state index in [4.69, 9.17) is 0 Å². The van der Waals surface area contributed by atoms with Gasteiger partial charge in [0.15, 0.2) is 11.6 Å². The van der Waals surface area contributed by atoms with Crippen molar-refractivity contribution in [1.82, 2.24) is 9.99 Å². The molecule has 2 heterocycles. The minimum absolute atomic E-state index is 0.0366. The van der Waals surface area contributed by atoms with Gasteiger partial charge in [-0.15, -0.1) is 0 Å². The third kappa shape index (κ3) is 3.64. The number of hydrogen-bond donors (Lipinski definition) is 0. The molecule has 1 fully saturated rings. The molecule has 3 rings (SSSR count). The molecule has 0 aliphatic carbocycles. The predicted octanol–water partition coefficient (Wildman–Crippen LogP) is 3.24. The lowest BCUT2D eigenvalue weighted by Crippen LogP contribution is -2.22. The van der Waals surface area contributed by atoms with E-state index in [0.29, 0.717) is 29.9 Å². The molecule has 0 N–H and O–H groups in total. The van der Waals surface area contributed by atoms with Crippen LogP contribution < -0.4 is 0 Å². The molecule has 0 radical (unpaired) electrons. The van der Waals surface area contributed by atoms with Gasteiger partial charge in [-0.2, -0.15) is 5.10 Å². The van der Waals surface area contributed by atoms with E-state index in [1.807, 2.05) is 19.1 Å². The maximum atomic E-state index is 13.5. The first kappa shape index (κ1) is 16.2. The average molecular weight is 329 g/mol. The van der Waals surface area contributed by atoms with Crippen LogP contribution in [-0.2, 0) is 11.2 Å². The Morgan fingerprint density at radius 1 is 1.25 bits per heavy atom. The highest BCUT2D eigenvalue weighted by atomic mass is 19.2. The second kappa shape index (κ2) is 6.86. The van der Waals surface area contributed by atoms with Crippen molar-refractivity contribution in [3.63, 3.8) is 0 Å². The van der Waals surface area contributed by atoms with Gasteiger partial charge in [0.25, 0.3) is 0 Å². The molecule has 0 bridgehead atoms. The van der Waals surface area contributed by atoms with Gasteiger partial charge in [-0.3, -0.25) is 9.78 Å². The molecule has 1 amide bonds. The van der Waals surface area contributed by atoms with E-state index in [-0.39, 0.29) is 12.3 Å². The Morgan fingerprint density at radius 2 is 2.08 bits per heavy atom. The largest absolute Gasteiger partial charge is 0.273 e. The standard InChI is InChI=1S/C18H17F2N3O/c1-12-4-2-5-16(21-12)17(22-23-9-3-6-18(23)24)11-13-7-8-14(19)15(20)10-13/h2,4-5,7-8,10H,3,6,9,11H2,1H3/b22-17-. The van der Waals surface area contributed by atoms with Crippen molar-refractivity contribution >= 4 is 11.6 Å². The Bertz CT molecular complexity index is 805. The van der Waals surface area contributed by atoms with Crippen molar-refractivity contribution in [2.45, 2.75) is 26.2 Å². The summed E-state index contributed by atoms with van der Waals surface area (Å²) < 4.78 is 26.6. The topological polar surface area (TPSA) is 45.6 Å². The van der Waals surface area contributed by atoms with Crippen LogP contribution in [0, 0.1) is 18.6 Å². The summed E-state index contributed by atoms with van der Waals surface area (Å²) in [6, 6.07) is 9.26. The fourth-order valence-corrected chi connectivity index (χ4v) is 2.61. The van der Waals surface area contributed by atoms with Gasteiger partial charge in [0, 0.05) is 25.1 Å². The van der Waals surface area contributed by atoms with E-state index in [1.165, 1.54) is 11.1 Å². The van der Waals surface area contributed by atoms with Crippen LogP contribution in [0.25, 0.3) is 0 Å². The van der Waals surface area contributed by atoms with E-state index in [9.17, 15) is 13.6 Å². The molecule has 4 nitrogen and oxygen atoms in total. The number of carbonyl (C=O) groups is 1. The first-order chi connectivity index (χ1) is 11.5. The van der Waals surface area contributed by atoms with Crippen LogP contribution in [0.2, 0.25) is 0 Å². The summed E-state index contributed by atoms with van der Waals surface area (Å²) in [6.45, 7) is 2.42. The highest BCUT2D eigenvalue weighted by Gasteiger charge is 2.21. The van der Waals surface area contributed by atoms with E-state index in [0.717, 1.165) is 24.2 Å². The number of hydrogen-bond acceptors (Lipinski definition) is 3. The molecule has 24 heavy (non-hydrogen) atoms. The summed E-state index contributed by atoms with van der Waals surface area (Å²) >= 11 is 0. The molecule has 1 aliphatic rings. The summed E-state index contributed by atoms with van der Waals surface area (Å²) in [4.78, 5) is 16.3. The first-order valence-electron chi connectivity index (χ1n) is 7.79. The summed E-state index contributed by atoms with van der Waals surface area (Å²) in [5.41, 5.74) is 2.57. The van der Waals surface area contributed by atoms with Gasteiger partial charge >= 0.3 is 0 Å². The number of rotatable bonds is 4. The van der Waals surface area contributed by atoms with Crippen molar-refractivity contribution in [3.8, 4) is 0 Å². The summed E-state index contributed by atoms with van der Waals surface area (Å²) in [7, 11) is 0. The Labute approximate surface area is 138 Å². The van der Waals surface area contributed by atoms with Crippen LogP contribution >= 0.6 is 0 Å². The van der Waals surface area contributed by atoms with Gasteiger partial charge in [0.1, 0.15) is 0 Å². The third-order valence-electron chi connectivity index (χ3n) is 3.83. The van der Waals surface area contributed by atoms with E-state index < -0.39 is 11.6 Å². The molecule has 1 aromatic carbocycles. The highest BCUT2D eigenvalue weighted by Crippen LogP contribution is 2.15. The number of aryl methyl sites for hydroxylation is 1. The summed E-state index contributed by atoms with van der Waals surface area (Å²) in [6.07, 6.45) is 1.50. The number of halogens is 2. The van der Waals surface area contributed by atoms with Crippen LogP contribution in [0.15, 0.2) is 41.5 Å². The molecule has 1 aromatic heterocycles. The fourth-order valence-electron chi connectivity index (χ4n) is 2.61. The molecule has 2 aromatic rings. The Balaban J connectivity index is 1.96. The quantitative estimate of drug-likeness (QED) is 0.809. The fraction of sp³-hybridized carbons (Fsp3) is 0.278. The number of amides is 1. The number of aromatic nitrogens is 1. The van der Waals surface area contributed by atoms with Crippen molar-refractivity contribution in [1.29, 1.82) is 0 Å². The van der Waals surface area contributed by atoms with E-state index in [2.05, 4.69) is 10.1 Å². The predicted molar refractivity (Wildman–Crippen MR) is 86.5 cm³/mol. The Hall–Kier alpha value is -2.63. The monoisotopic (exact) mass is 329 g/mol. The van der Waals surface area contributed by atoms with Crippen molar-refractivity contribution in [3.05, 3.63) is 65.0 Å². The van der Waals surface area contributed by atoms with Gasteiger partial charge in [-0.1, -0.05) is 12.1 Å². The lowest BCUT2D eigenvalue weighted by Gasteiger charge is -2.13. The minimum atomic E-state index is -0.902. The van der Waals surface area contributed by atoms with Crippen molar-refractivity contribution < 1.29 is 13.6 Å². The van der Waals surface area contributed by atoms with Gasteiger partial charge in [0.2, 0.25) is 5.91 Å². The summed E-state index contributed by atoms with van der Waals surface area (Å²) in [5.74, 6) is -1.83. The van der Waals surface area contributed by atoms with Crippen LogP contribution in [0.3, 0.4) is 0 Å². The SMILES string of the molecule is Cc1cccc(/C(Cc2ccc(F)c(F)c2)=N\N2CCCC2=O)n1. The van der Waals surface area contributed by atoms with Gasteiger partial charge < -0.3 is 0 Å². The second-order valence-corrected chi connectivity index (χ2v) is 5.76. The molecule has 0 spiro atoms. The van der Waals surface area contributed by atoms with Crippen molar-refractivity contribution in [2.24, 2.45) is 5.10 Å². The maximum Gasteiger partial charge on any atom is 0.242 e. The van der Waals surface area contributed by atoms with Crippen LogP contribution in [0.4, 0.5) is 8.78 Å². The lowest BCUT2D eigenvalue weighted by molar-refractivity contribution is -0.127. The maximum absolute atomic E-state index is 13.5.